The Morgan fingerprint density at radius 3 is 2.80 bits per heavy atom. The van der Waals surface area contributed by atoms with Crippen LogP contribution in [0.3, 0.4) is 0 Å². The molecule has 0 saturated heterocycles. The van der Waals surface area contributed by atoms with E-state index in [1.54, 1.807) is 36.5 Å². The fourth-order valence-electron chi connectivity index (χ4n) is 1.67. The molecule has 1 heterocycles. The van der Waals surface area contributed by atoms with Crippen molar-refractivity contribution in [2.24, 2.45) is 0 Å². The average Bonchev–Trinajstić information content (AvgIpc) is 2.44. The van der Waals surface area contributed by atoms with Crippen LogP contribution in [0.2, 0.25) is 0 Å². The molecule has 2 aromatic rings. The molecule has 0 unspecified atom stereocenters. The van der Waals surface area contributed by atoms with Crippen molar-refractivity contribution in [2.75, 3.05) is 12.3 Å². The van der Waals surface area contributed by atoms with Gasteiger partial charge in [0.15, 0.2) is 0 Å². The SMILES string of the molecule is Nc1cccc(C(=O)OCCn2ccccc2=O)c1Br. The lowest BCUT2D eigenvalue weighted by Crippen LogP contribution is -2.21. The van der Waals surface area contributed by atoms with Crippen molar-refractivity contribution in [3.63, 3.8) is 0 Å². The zero-order chi connectivity index (χ0) is 14.5. The van der Waals surface area contributed by atoms with E-state index in [9.17, 15) is 9.59 Å². The molecular weight excluding hydrogens is 324 g/mol. The van der Waals surface area contributed by atoms with Crippen LogP contribution in [0.25, 0.3) is 0 Å². The van der Waals surface area contributed by atoms with Crippen molar-refractivity contribution in [2.45, 2.75) is 6.54 Å². The van der Waals surface area contributed by atoms with Crippen LogP contribution < -0.4 is 11.3 Å². The number of benzene rings is 1. The fraction of sp³-hybridized carbons (Fsp3) is 0.143. The number of hydrogen-bond donors (Lipinski definition) is 1. The molecule has 0 aliphatic heterocycles. The molecule has 0 aliphatic rings. The van der Waals surface area contributed by atoms with Crippen molar-refractivity contribution in [1.29, 1.82) is 0 Å². The summed E-state index contributed by atoms with van der Waals surface area (Å²) in [6.07, 6.45) is 1.65. The molecule has 1 aromatic heterocycles. The van der Waals surface area contributed by atoms with Crippen molar-refractivity contribution < 1.29 is 9.53 Å². The zero-order valence-corrected chi connectivity index (χ0v) is 12.2. The van der Waals surface area contributed by atoms with Gasteiger partial charge in [-0.1, -0.05) is 12.1 Å². The molecule has 0 amide bonds. The first-order chi connectivity index (χ1) is 9.59. The van der Waals surface area contributed by atoms with E-state index in [4.69, 9.17) is 10.5 Å². The molecule has 0 bridgehead atoms. The highest BCUT2D eigenvalue weighted by molar-refractivity contribution is 9.10. The maximum absolute atomic E-state index is 11.9. The first-order valence-corrected chi connectivity index (χ1v) is 6.75. The van der Waals surface area contributed by atoms with Gasteiger partial charge in [-0.2, -0.15) is 0 Å². The van der Waals surface area contributed by atoms with E-state index in [-0.39, 0.29) is 12.2 Å². The van der Waals surface area contributed by atoms with E-state index in [0.29, 0.717) is 22.3 Å². The lowest BCUT2D eigenvalue weighted by molar-refractivity contribution is 0.0489. The quantitative estimate of drug-likeness (QED) is 0.684. The van der Waals surface area contributed by atoms with E-state index in [1.165, 1.54) is 10.6 Å². The lowest BCUT2D eigenvalue weighted by Gasteiger charge is -2.08. The summed E-state index contributed by atoms with van der Waals surface area (Å²) < 4.78 is 7.13. The molecule has 20 heavy (non-hydrogen) atoms. The topological polar surface area (TPSA) is 74.3 Å². The number of nitrogen functional groups attached to an aromatic ring is 1. The number of anilines is 1. The van der Waals surface area contributed by atoms with E-state index < -0.39 is 5.97 Å². The summed E-state index contributed by atoms with van der Waals surface area (Å²) in [6, 6.07) is 9.85. The lowest BCUT2D eigenvalue weighted by atomic mass is 10.2. The number of nitrogens with zero attached hydrogens (tertiary/aromatic N) is 1. The minimum atomic E-state index is -0.479. The Hall–Kier alpha value is -2.08. The van der Waals surface area contributed by atoms with Crippen LogP contribution in [0.5, 0.6) is 0 Å². The van der Waals surface area contributed by atoms with Crippen LogP contribution in [0.1, 0.15) is 10.4 Å². The average molecular weight is 337 g/mol. The van der Waals surface area contributed by atoms with E-state index in [2.05, 4.69) is 15.9 Å². The van der Waals surface area contributed by atoms with Crippen LogP contribution in [-0.4, -0.2) is 17.1 Å². The van der Waals surface area contributed by atoms with Gasteiger partial charge < -0.3 is 15.0 Å². The van der Waals surface area contributed by atoms with Gasteiger partial charge in [0.25, 0.3) is 5.56 Å². The second kappa shape index (κ2) is 6.38. The van der Waals surface area contributed by atoms with Gasteiger partial charge in [0.05, 0.1) is 16.6 Å². The van der Waals surface area contributed by atoms with E-state index >= 15 is 0 Å². The maximum Gasteiger partial charge on any atom is 0.339 e. The highest BCUT2D eigenvalue weighted by Gasteiger charge is 2.12. The summed E-state index contributed by atoms with van der Waals surface area (Å²) in [7, 11) is 0. The largest absolute Gasteiger partial charge is 0.460 e. The summed E-state index contributed by atoms with van der Waals surface area (Å²) in [5.74, 6) is -0.479. The van der Waals surface area contributed by atoms with Crippen LogP contribution in [0.15, 0.2) is 51.9 Å². The second-order valence-corrected chi connectivity index (χ2v) is 4.87. The molecule has 0 fully saturated rings. The number of ether oxygens (including phenoxy) is 1. The summed E-state index contributed by atoms with van der Waals surface area (Å²) in [5, 5.41) is 0. The Morgan fingerprint density at radius 2 is 2.05 bits per heavy atom. The van der Waals surface area contributed by atoms with Crippen molar-refractivity contribution >= 4 is 27.6 Å². The molecule has 6 heteroatoms. The van der Waals surface area contributed by atoms with Gasteiger partial charge in [0.2, 0.25) is 0 Å². The third-order valence-electron chi connectivity index (χ3n) is 2.71. The summed E-state index contributed by atoms with van der Waals surface area (Å²) in [4.78, 5) is 23.4. The molecule has 2 rings (SSSR count). The first kappa shape index (κ1) is 14.3. The summed E-state index contributed by atoms with van der Waals surface area (Å²) in [6.45, 7) is 0.426. The van der Waals surface area contributed by atoms with Gasteiger partial charge in [0, 0.05) is 18.0 Å². The Balaban J connectivity index is 1.98. The number of esters is 1. The van der Waals surface area contributed by atoms with Crippen molar-refractivity contribution in [3.05, 3.63) is 63.0 Å². The van der Waals surface area contributed by atoms with Gasteiger partial charge in [-0.05, 0) is 34.1 Å². The molecule has 104 valence electrons. The van der Waals surface area contributed by atoms with Gasteiger partial charge in [-0.25, -0.2) is 4.79 Å². The van der Waals surface area contributed by atoms with Gasteiger partial charge in [0.1, 0.15) is 6.61 Å². The highest BCUT2D eigenvalue weighted by Crippen LogP contribution is 2.24. The second-order valence-electron chi connectivity index (χ2n) is 4.08. The number of aromatic nitrogens is 1. The molecule has 0 aliphatic carbocycles. The van der Waals surface area contributed by atoms with Crippen LogP contribution in [0, 0.1) is 0 Å². The van der Waals surface area contributed by atoms with Crippen molar-refractivity contribution in [3.8, 4) is 0 Å². The molecule has 0 radical (unpaired) electrons. The van der Waals surface area contributed by atoms with Crippen LogP contribution in [-0.2, 0) is 11.3 Å². The third kappa shape index (κ3) is 3.27. The first-order valence-electron chi connectivity index (χ1n) is 5.96. The summed E-state index contributed by atoms with van der Waals surface area (Å²) >= 11 is 3.25. The number of hydrogen-bond acceptors (Lipinski definition) is 4. The Kier molecular flexibility index (Phi) is 4.57. The fourth-order valence-corrected chi connectivity index (χ4v) is 2.09. The Bertz CT molecular complexity index is 682. The van der Waals surface area contributed by atoms with Crippen molar-refractivity contribution in [1.82, 2.24) is 4.57 Å². The number of halogens is 1. The molecular formula is C14H13BrN2O3. The smallest absolute Gasteiger partial charge is 0.339 e. The standard InChI is InChI=1S/C14H13BrN2O3/c15-13-10(4-3-5-11(13)16)14(19)20-9-8-17-7-2-1-6-12(17)18/h1-7H,8-9,16H2. The number of pyridine rings is 1. The van der Waals surface area contributed by atoms with E-state index in [0.717, 1.165) is 0 Å². The van der Waals surface area contributed by atoms with Gasteiger partial charge >= 0.3 is 5.97 Å². The minimum Gasteiger partial charge on any atom is -0.460 e. The zero-order valence-electron chi connectivity index (χ0n) is 10.6. The molecule has 0 atom stereocenters. The molecule has 0 spiro atoms. The Morgan fingerprint density at radius 1 is 1.25 bits per heavy atom. The predicted molar refractivity (Wildman–Crippen MR) is 79.5 cm³/mol. The molecule has 5 nitrogen and oxygen atoms in total. The molecule has 0 saturated carbocycles. The minimum absolute atomic E-state index is 0.115. The van der Waals surface area contributed by atoms with Crippen LogP contribution in [0.4, 0.5) is 5.69 Å². The summed E-state index contributed by atoms with van der Waals surface area (Å²) in [5.41, 5.74) is 6.40. The number of carbonyl (C=O) groups excluding carboxylic acids is 1. The monoisotopic (exact) mass is 336 g/mol. The third-order valence-corrected chi connectivity index (χ3v) is 3.60. The highest BCUT2D eigenvalue weighted by atomic mass is 79.9. The predicted octanol–water partition coefficient (Wildman–Crippen LogP) is 2.05. The number of nitrogens with two attached hydrogens (primary N) is 1. The Labute approximate surface area is 124 Å². The molecule has 2 N–H and O–H groups in total. The normalized spacial score (nSPS) is 10.2. The maximum atomic E-state index is 11.9. The van der Waals surface area contributed by atoms with Crippen LogP contribution >= 0.6 is 15.9 Å². The van der Waals surface area contributed by atoms with E-state index in [1.807, 2.05) is 0 Å². The molecule has 1 aromatic carbocycles. The van der Waals surface area contributed by atoms with Gasteiger partial charge in [-0.3, -0.25) is 4.79 Å². The number of rotatable bonds is 4. The number of carbonyl (C=O) groups is 1. The van der Waals surface area contributed by atoms with Gasteiger partial charge in [-0.15, -0.1) is 0 Å².